The van der Waals surface area contributed by atoms with Crippen LogP contribution in [0, 0.1) is 0 Å². The summed E-state index contributed by atoms with van der Waals surface area (Å²) in [5.74, 6) is 0. The topological polar surface area (TPSA) is 0 Å². The van der Waals surface area contributed by atoms with Crippen molar-refractivity contribution in [2.45, 2.75) is 27.7 Å². The molecule has 1 aromatic heterocycles. The van der Waals surface area contributed by atoms with Gasteiger partial charge in [-0.15, -0.1) is 11.3 Å². The van der Waals surface area contributed by atoms with Gasteiger partial charge in [0.15, 0.2) is 0 Å². The van der Waals surface area contributed by atoms with E-state index in [9.17, 15) is 0 Å². The maximum Gasteiger partial charge on any atom is 0.0506 e. The van der Waals surface area contributed by atoms with Crippen LogP contribution in [0.3, 0.4) is 0 Å². The van der Waals surface area contributed by atoms with E-state index in [0.29, 0.717) is 0 Å². The minimum absolute atomic E-state index is 1.34. The van der Waals surface area contributed by atoms with Gasteiger partial charge < -0.3 is 0 Å². The van der Waals surface area contributed by atoms with Gasteiger partial charge in [0.1, 0.15) is 0 Å². The predicted octanol–water partition coefficient (Wildman–Crippen LogP) is 7.81. The van der Waals surface area contributed by atoms with Crippen LogP contribution in [-0.2, 0) is 0 Å². The lowest BCUT2D eigenvalue weighted by molar-refractivity contribution is 1.57. The largest absolute Gasteiger partial charge is 0.136 e. The molecule has 0 aromatic carbocycles. The lowest BCUT2D eigenvalue weighted by atomic mass is 10.4. The highest BCUT2D eigenvalue weighted by Crippen LogP contribution is 2.51. The zero-order chi connectivity index (χ0) is 15.0. The maximum absolute atomic E-state index is 2.31. The summed E-state index contributed by atoms with van der Waals surface area (Å²) >= 11 is 9.43. The molecule has 2 aliphatic rings. The predicted molar refractivity (Wildman–Crippen MR) is 107 cm³/mol. The maximum atomic E-state index is 2.31. The van der Waals surface area contributed by atoms with Gasteiger partial charge in [-0.25, -0.2) is 0 Å². The van der Waals surface area contributed by atoms with Crippen LogP contribution in [0.2, 0.25) is 0 Å². The van der Waals surface area contributed by atoms with Gasteiger partial charge in [-0.2, -0.15) is 0 Å². The first-order valence-electron chi connectivity index (χ1n) is 6.61. The Kier molecular flexibility index (Phi) is 5.06. The summed E-state index contributed by atoms with van der Waals surface area (Å²) in [6, 6.07) is 4.46. The first-order valence-corrected chi connectivity index (χ1v) is 10.7. The third-order valence-electron chi connectivity index (χ3n) is 3.17. The van der Waals surface area contributed by atoms with E-state index in [0.717, 1.165) is 0 Å². The Hall–Kier alpha value is 0.0600. The number of thiophene rings is 1. The molecule has 0 spiro atoms. The molecule has 0 unspecified atom stereocenters. The molecular formula is C16H16S5. The summed E-state index contributed by atoms with van der Waals surface area (Å²) in [6.45, 7) is 8.79. The molecule has 0 atom stereocenters. The molecule has 21 heavy (non-hydrogen) atoms. The lowest BCUT2D eigenvalue weighted by Gasteiger charge is -1.94. The molecule has 110 valence electrons. The van der Waals surface area contributed by atoms with Crippen LogP contribution in [0.15, 0.2) is 40.2 Å². The van der Waals surface area contributed by atoms with Crippen LogP contribution < -0.4 is 0 Å². The van der Waals surface area contributed by atoms with E-state index in [-0.39, 0.29) is 0 Å². The second-order valence-corrected chi connectivity index (χ2v) is 11.5. The zero-order valence-corrected chi connectivity index (χ0v) is 16.4. The average molecular weight is 369 g/mol. The Morgan fingerprint density at radius 3 is 1.29 bits per heavy atom. The van der Waals surface area contributed by atoms with E-state index >= 15 is 0 Å². The summed E-state index contributed by atoms with van der Waals surface area (Å²) in [7, 11) is 0. The Morgan fingerprint density at radius 2 is 0.952 bits per heavy atom. The van der Waals surface area contributed by atoms with Gasteiger partial charge >= 0.3 is 0 Å². The molecule has 3 rings (SSSR count). The normalized spacial score (nSPS) is 19.0. The summed E-state index contributed by atoms with van der Waals surface area (Å²) in [5.41, 5.74) is 0. The summed E-state index contributed by atoms with van der Waals surface area (Å²) in [4.78, 5) is 8.41. The van der Waals surface area contributed by atoms with Crippen molar-refractivity contribution < 1.29 is 0 Å². The molecule has 0 bridgehead atoms. The smallest absolute Gasteiger partial charge is 0.0506 e. The molecule has 0 amide bonds. The highest BCUT2D eigenvalue weighted by molar-refractivity contribution is 8.29. The fourth-order valence-corrected chi connectivity index (χ4v) is 7.86. The second kappa shape index (κ2) is 6.67. The average Bonchev–Trinajstić information content (AvgIpc) is 3.05. The van der Waals surface area contributed by atoms with Crippen LogP contribution in [-0.4, -0.2) is 0 Å². The van der Waals surface area contributed by atoms with Crippen molar-refractivity contribution in [3.63, 3.8) is 0 Å². The standard InChI is InChI=1S/C16H16S5/c1-9-10(2)18-15(17-9)7-13-5-6-14(21-13)8-16-19-11(3)12(4)20-16/h5-8H,1-4H3. The molecule has 0 aliphatic carbocycles. The van der Waals surface area contributed by atoms with Crippen molar-refractivity contribution in [1.82, 2.24) is 0 Å². The molecule has 0 saturated carbocycles. The molecule has 0 fully saturated rings. The van der Waals surface area contributed by atoms with Crippen LogP contribution in [0.25, 0.3) is 12.2 Å². The van der Waals surface area contributed by atoms with Gasteiger partial charge in [0.05, 0.1) is 8.47 Å². The van der Waals surface area contributed by atoms with E-state index < -0.39 is 0 Å². The van der Waals surface area contributed by atoms with Crippen LogP contribution in [0.1, 0.15) is 37.4 Å². The number of rotatable bonds is 2. The Balaban J connectivity index is 1.71. The number of allylic oxidation sites excluding steroid dienone is 4. The van der Waals surface area contributed by atoms with Crippen LogP contribution >= 0.6 is 58.4 Å². The molecule has 1 aromatic rings. The number of hydrogen-bond acceptors (Lipinski definition) is 5. The Labute approximate surface area is 147 Å². The Morgan fingerprint density at radius 1 is 0.619 bits per heavy atom. The third kappa shape index (κ3) is 3.88. The summed E-state index contributed by atoms with van der Waals surface area (Å²) in [5, 5.41) is 0. The molecule has 5 heteroatoms. The molecule has 0 nitrogen and oxygen atoms in total. The van der Waals surface area contributed by atoms with Gasteiger partial charge in [-0.1, -0.05) is 47.0 Å². The van der Waals surface area contributed by atoms with Crippen LogP contribution in [0.5, 0.6) is 0 Å². The molecule has 2 aliphatic heterocycles. The van der Waals surface area contributed by atoms with E-state index in [1.807, 2.05) is 58.4 Å². The zero-order valence-electron chi connectivity index (χ0n) is 12.4. The quantitative estimate of drug-likeness (QED) is 0.521. The van der Waals surface area contributed by atoms with Crippen molar-refractivity contribution in [2.24, 2.45) is 0 Å². The van der Waals surface area contributed by atoms with Crippen molar-refractivity contribution in [3.8, 4) is 0 Å². The highest BCUT2D eigenvalue weighted by Gasteiger charge is 2.15. The molecule has 0 radical (unpaired) electrons. The second-order valence-electron chi connectivity index (χ2n) is 4.80. The molecule has 0 N–H and O–H groups in total. The van der Waals surface area contributed by atoms with Crippen LogP contribution in [0.4, 0.5) is 0 Å². The third-order valence-corrected chi connectivity index (χ3v) is 9.14. The fourth-order valence-electron chi connectivity index (χ4n) is 1.81. The molecule has 0 saturated heterocycles. The summed E-state index contributed by atoms with van der Waals surface area (Å²) < 4.78 is 2.79. The molecular weight excluding hydrogens is 353 g/mol. The highest BCUT2D eigenvalue weighted by atomic mass is 32.2. The van der Waals surface area contributed by atoms with Crippen molar-refractivity contribution >= 4 is 70.5 Å². The number of hydrogen-bond donors (Lipinski definition) is 0. The van der Waals surface area contributed by atoms with Crippen molar-refractivity contribution in [2.75, 3.05) is 0 Å². The number of thioether (sulfide) groups is 4. The molecule has 3 heterocycles. The van der Waals surface area contributed by atoms with Gasteiger partial charge in [0.25, 0.3) is 0 Å². The van der Waals surface area contributed by atoms with E-state index in [1.54, 1.807) is 0 Å². The minimum Gasteiger partial charge on any atom is -0.136 e. The van der Waals surface area contributed by atoms with E-state index in [1.165, 1.54) is 37.8 Å². The van der Waals surface area contributed by atoms with Crippen molar-refractivity contribution in [1.29, 1.82) is 0 Å². The van der Waals surface area contributed by atoms with Gasteiger partial charge in [-0.3, -0.25) is 0 Å². The van der Waals surface area contributed by atoms with Gasteiger partial charge in [0.2, 0.25) is 0 Å². The van der Waals surface area contributed by atoms with E-state index in [2.05, 4.69) is 52.0 Å². The first kappa shape index (κ1) is 15.9. The fraction of sp³-hybridized carbons (Fsp3) is 0.250. The minimum atomic E-state index is 1.34. The van der Waals surface area contributed by atoms with Gasteiger partial charge in [-0.05, 0) is 71.6 Å². The van der Waals surface area contributed by atoms with Gasteiger partial charge in [0, 0.05) is 9.75 Å². The monoisotopic (exact) mass is 368 g/mol. The van der Waals surface area contributed by atoms with E-state index in [4.69, 9.17) is 0 Å². The van der Waals surface area contributed by atoms with Crippen molar-refractivity contribution in [3.05, 3.63) is 50.0 Å². The first-order chi connectivity index (χ1) is 10.0. The Bertz CT molecular complexity index is 610. The summed E-state index contributed by atoms with van der Waals surface area (Å²) in [6.07, 6.45) is 4.62. The lowest BCUT2D eigenvalue weighted by Crippen LogP contribution is -1.62. The SMILES string of the molecule is CC1=C(C)SC(=Cc2ccc(C=C3SC(C)=C(C)S3)s2)S1.